The van der Waals surface area contributed by atoms with Crippen molar-refractivity contribution in [2.24, 2.45) is 0 Å². The van der Waals surface area contributed by atoms with Gasteiger partial charge in [-0.05, 0) is 19.1 Å². The molecule has 0 saturated carbocycles. The smallest absolute Gasteiger partial charge is 0.146 e. The molecule has 1 unspecified atom stereocenters. The largest absolute Gasteiger partial charge is 0.463 e. The maximum absolute atomic E-state index is 5.53. The molecular weight excluding hydrogens is 140 g/mol. The number of rotatable bonds is 2. The molecule has 0 spiro atoms. The molecule has 1 fully saturated rings. The van der Waals surface area contributed by atoms with E-state index in [0.717, 1.165) is 24.5 Å². The van der Waals surface area contributed by atoms with Crippen molar-refractivity contribution in [1.29, 1.82) is 0 Å². The quantitative estimate of drug-likeness (QED) is 0.606. The lowest BCUT2D eigenvalue weighted by molar-refractivity contribution is 0.280. The van der Waals surface area contributed by atoms with Gasteiger partial charge in [-0.25, -0.2) is 0 Å². The predicted octanol–water partition coefficient (Wildman–Crippen LogP) is 2.09. The summed E-state index contributed by atoms with van der Waals surface area (Å²) in [4.78, 5) is 0. The van der Waals surface area contributed by atoms with E-state index in [1.54, 1.807) is 0 Å². The molecule has 1 aromatic rings. The molecular formula is C9H12O2. The van der Waals surface area contributed by atoms with Crippen molar-refractivity contribution in [2.75, 3.05) is 6.61 Å². The fourth-order valence-corrected chi connectivity index (χ4v) is 1.10. The summed E-state index contributed by atoms with van der Waals surface area (Å²) in [5.74, 6) is 2.01. The van der Waals surface area contributed by atoms with Gasteiger partial charge < -0.3 is 9.15 Å². The summed E-state index contributed by atoms with van der Waals surface area (Å²) in [5.41, 5.74) is -0.104. The third-order valence-corrected chi connectivity index (χ3v) is 2.11. The zero-order valence-electron chi connectivity index (χ0n) is 6.89. The van der Waals surface area contributed by atoms with Crippen LogP contribution in [-0.2, 0) is 16.8 Å². The van der Waals surface area contributed by atoms with Gasteiger partial charge in [0.15, 0.2) is 0 Å². The van der Waals surface area contributed by atoms with Gasteiger partial charge in [0, 0.05) is 6.42 Å². The molecule has 60 valence electrons. The number of ether oxygens (including phenoxy) is 1. The first kappa shape index (κ1) is 6.92. The first-order chi connectivity index (χ1) is 5.24. The molecule has 0 amide bonds. The summed E-state index contributed by atoms with van der Waals surface area (Å²) in [6, 6.07) is 4.02. The zero-order valence-corrected chi connectivity index (χ0v) is 6.89. The Morgan fingerprint density at radius 2 is 2.27 bits per heavy atom. The highest BCUT2D eigenvalue weighted by molar-refractivity contribution is 5.17. The van der Waals surface area contributed by atoms with Crippen LogP contribution in [0, 0.1) is 0 Å². The van der Waals surface area contributed by atoms with Crippen LogP contribution < -0.4 is 0 Å². The summed E-state index contributed by atoms with van der Waals surface area (Å²) >= 11 is 0. The standard InChI is InChI=1S/C9H12O2/c1-3-7-4-5-8(11-7)9(2)6-10-9/h4-5H,3,6H2,1-2H3. The Balaban J connectivity index is 2.25. The summed E-state index contributed by atoms with van der Waals surface area (Å²) in [5, 5.41) is 0. The fraction of sp³-hybridized carbons (Fsp3) is 0.556. The van der Waals surface area contributed by atoms with Crippen LogP contribution in [-0.4, -0.2) is 6.61 Å². The van der Waals surface area contributed by atoms with E-state index in [2.05, 4.69) is 6.92 Å². The normalized spacial score (nSPS) is 28.9. The summed E-state index contributed by atoms with van der Waals surface area (Å²) in [7, 11) is 0. The highest BCUT2D eigenvalue weighted by atomic mass is 16.6. The first-order valence-corrected chi connectivity index (χ1v) is 3.98. The van der Waals surface area contributed by atoms with Gasteiger partial charge in [0.1, 0.15) is 17.1 Å². The molecule has 0 N–H and O–H groups in total. The molecule has 0 aromatic carbocycles. The topological polar surface area (TPSA) is 25.7 Å². The molecule has 2 heteroatoms. The van der Waals surface area contributed by atoms with Crippen molar-refractivity contribution >= 4 is 0 Å². The van der Waals surface area contributed by atoms with Crippen LogP contribution in [0.15, 0.2) is 16.5 Å². The number of hydrogen-bond donors (Lipinski definition) is 0. The Hall–Kier alpha value is -0.760. The number of furan rings is 1. The van der Waals surface area contributed by atoms with Gasteiger partial charge in [-0.1, -0.05) is 6.92 Å². The second-order valence-electron chi connectivity index (χ2n) is 3.14. The van der Waals surface area contributed by atoms with Crippen LogP contribution in [0.3, 0.4) is 0 Å². The van der Waals surface area contributed by atoms with Crippen LogP contribution in [0.5, 0.6) is 0 Å². The number of aryl methyl sites for hydroxylation is 1. The van der Waals surface area contributed by atoms with Gasteiger partial charge >= 0.3 is 0 Å². The van der Waals surface area contributed by atoms with Crippen molar-refractivity contribution in [2.45, 2.75) is 25.9 Å². The molecule has 1 aromatic heterocycles. The third-order valence-electron chi connectivity index (χ3n) is 2.11. The van der Waals surface area contributed by atoms with E-state index in [4.69, 9.17) is 9.15 Å². The van der Waals surface area contributed by atoms with Crippen molar-refractivity contribution in [3.05, 3.63) is 23.7 Å². The summed E-state index contributed by atoms with van der Waals surface area (Å²) in [6.07, 6.45) is 0.954. The molecule has 1 aliphatic heterocycles. The Morgan fingerprint density at radius 1 is 1.55 bits per heavy atom. The van der Waals surface area contributed by atoms with E-state index in [1.165, 1.54) is 0 Å². The van der Waals surface area contributed by atoms with Gasteiger partial charge in [-0.15, -0.1) is 0 Å². The van der Waals surface area contributed by atoms with E-state index < -0.39 is 0 Å². The van der Waals surface area contributed by atoms with E-state index in [1.807, 2.05) is 19.1 Å². The molecule has 1 aliphatic rings. The van der Waals surface area contributed by atoms with Gasteiger partial charge in [-0.3, -0.25) is 0 Å². The number of hydrogen-bond acceptors (Lipinski definition) is 2. The third kappa shape index (κ3) is 1.07. The highest BCUT2D eigenvalue weighted by Crippen LogP contribution is 2.38. The first-order valence-electron chi connectivity index (χ1n) is 3.98. The molecule has 2 heterocycles. The van der Waals surface area contributed by atoms with Crippen LogP contribution in [0.1, 0.15) is 25.4 Å². The molecule has 0 aliphatic carbocycles. The van der Waals surface area contributed by atoms with Crippen molar-refractivity contribution in [3.63, 3.8) is 0 Å². The zero-order chi connectivity index (χ0) is 7.90. The van der Waals surface area contributed by atoms with E-state index in [0.29, 0.717) is 0 Å². The minimum atomic E-state index is -0.104. The average Bonchev–Trinajstić information content (AvgIpc) is 2.61. The van der Waals surface area contributed by atoms with Gasteiger partial charge in [0.2, 0.25) is 0 Å². The Morgan fingerprint density at radius 3 is 2.73 bits per heavy atom. The maximum Gasteiger partial charge on any atom is 0.146 e. The molecule has 1 atom stereocenters. The Kier molecular flexibility index (Phi) is 1.33. The van der Waals surface area contributed by atoms with Crippen molar-refractivity contribution in [3.8, 4) is 0 Å². The predicted molar refractivity (Wildman–Crippen MR) is 41.4 cm³/mol. The lowest BCUT2D eigenvalue weighted by Crippen LogP contribution is -1.98. The fourth-order valence-electron chi connectivity index (χ4n) is 1.10. The van der Waals surface area contributed by atoms with Gasteiger partial charge in [0.05, 0.1) is 6.61 Å². The van der Waals surface area contributed by atoms with Crippen LogP contribution in [0.2, 0.25) is 0 Å². The molecule has 0 radical (unpaired) electrons. The minimum absolute atomic E-state index is 0.104. The van der Waals surface area contributed by atoms with E-state index in [9.17, 15) is 0 Å². The Labute approximate surface area is 66.2 Å². The Bertz CT molecular complexity index is 258. The van der Waals surface area contributed by atoms with Gasteiger partial charge in [-0.2, -0.15) is 0 Å². The second-order valence-corrected chi connectivity index (χ2v) is 3.14. The lowest BCUT2D eigenvalue weighted by atomic mass is 10.1. The van der Waals surface area contributed by atoms with Crippen molar-refractivity contribution in [1.82, 2.24) is 0 Å². The van der Waals surface area contributed by atoms with Crippen LogP contribution >= 0.6 is 0 Å². The lowest BCUT2D eigenvalue weighted by Gasteiger charge is -1.97. The van der Waals surface area contributed by atoms with Crippen LogP contribution in [0.25, 0.3) is 0 Å². The molecule has 2 rings (SSSR count). The molecule has 1 saturated heterocycles. The van der Waals surface area contributed by atoms with Gasteiger partial charge in [0.25, 0.3) is 0 Å². The van der Waals surface area contributed by atoms with E-state index in [-0.39, 0.29) is 5.60 Å². The molecule has 11 heavy (non-hydrogen) atoms. The van der Waals surface area contributed by atoms with Crippen LogP contribution in [0.4, 0.5) is 0 Å². The molecule has 0 bridgehead atoms. The minimum Gasteiger partial charge on any atom is -0.463 e. The number of epoxide rings is 1. The summed E-state index contributed by atoms with van der Waals surface area (Å²) < 4.78 is 10.8. The average molecular weight is 152 g/mol. The maximum atomic E-state index is 5.53. The highest BCUT2D eigenvalue weighted by Gasteiger charge is 2.44. The monoisotopic (exact) mass is 152 g/mol. The second kappa shape index (κ2) is 2.11. The van der Waals surface area contributed by atoms with E-state index >= 15 is 0 Å². The summed E-state index contributed by atoms with van der Waals surface area (Å²) in [6.45, 7) is 4.92. The van der Waals surface area contributed by atoms with Crippen molar-refractivity contribution < 1.29 is 9.15 Å². The SMILES string of the molecule is CCc1ccc(C2(C)CO2)o1. The molecule has 2 nitrogen and oxygen atoms in total.